The molecule has 0 rings (SSSR count). The second-order valence-corrected chi connectivity index (χ2v) is 3.77. The summed E-state index contributed by atoms with van der Waals surface area (Å²) in [6, 6.07) is 0. The topological polar surface area (TPSA) is 50.4 Å². The highest BCUT2D eigenvalue weighted by atomic mass is 16.5. The average Bonchev–Trinajstić information content (AvgIpc) is 2.20. The van der Waals surface area contributed by atoms with Gasteiger partial charge in [-0.2, -0.15) is 0 Å². The lowest BCUT2D eigenvalue weighted by atomic mass is 10.3. The zero-order valence-corrected chi connectivity index (χ0v) is 10.1. The number of rotatable bonds is 9. The van der Waals surface area contributed by atoms with Crippen molar-refractivity contribution in [1.29, 1.82) is 0 Å². The number of ether oxygens (including phenoxy) is 1. The number of nitrogens with one attached hydrogen (secondary N) is 2. The SMILES string of the molecule is CCNCCCCNC(=O)COC(C)C. The fourth-order valence-electron chi connectivity index (χ4n) is 1.07. The van der Waals surface area contributed by atoms with Crippen LogP contribution < -0.4 is 10.6 Å². The van der Waals surface area contributed by atoms with Gasteiger partial charge in [0.2, 0.25) is 5.91 Å². The van der Waals surface area contributed by atoms with E-state index < -0.39 is 0 Å². The highest BCUT2D eigenvalue weighted by Crippen LogP contribution is 1.88. The first-order valence-electron chi connectivity index (χ1n) is 5.75. The van der Waals surface area contributed by atoms with Crippen LogP contribution in [0.4, 0.5) is 0 Å². The summed E-state index contributed by atoms with van der Waals surface area (Å²) in [5, 5.41) is 6.06. The minimum absolute atomic E-state index is 0.0212. The van der Waals surface area contributed by atoms with Crippen LogP contribution in [0.3, 0.4) is 0 Å². The van der Waals surface area contributed by atoms with Crippen LogP contribution in [-0.4, -0.2) is 38.3 Å². The third-order valence-electron chi connectivity index (χ3n) is 1.90. The van der Waals surface area contributed by atoms with Gasteiger partial charge in [-0.15, -0.1) is 0 Å². The molecule has 0 aliphatic carbocycles. The van der Waals surface area contributed by atoms with Crippen LogP contribution in [0, 0.1) is 0 Å². The van der Waals surface area contributed by atoms with Gasteiger partial charge in [0.25, 0.3) is 0 Å². The lowest BCUT2D eigenvalue weighted by Gasteiger charge is -2.08. The molecule has 4 nitrogen and oxygen atoms in total. The van der Waals surface area contributed by atoms with Crippen molar-refractivity contribution < 1.29 is 9.53 Å². The molecule has 2 N–H and O–H groups in total. The Morgan fingerprint density at radius 1 is 1.27 bits per heavy atom. The Morgan fingerprint density at radius 2 is 1.93 bits per heavy atom. The highest BCUT2D eigenvalue weighted by Gasteiger charge is 2.01. The van der Waals surface area contributed by atoms with E-state index in [1.165, 1.54) is 0 Å². The van der Waals surface area contributed by atoms with Gasteiger partial charge >= 0.3 is 0 Å². The van der Waals surface area contributed by atoms with E-state index in [9.17, 15) is 4.79 Å². The molecule has 0 spiro atoms. The molecule has 0 fully saturated rings. The van der Waals surface area contributed by atoms with Gasteiger partial charge in [0.15, 0.2) is 0 Å². The van der Waals surface area contributed by atoms with Crippen molar-refractivity contribution in [2.24, 2.45) is 0 Å². The Bertz CT molecular complexity index is 161. The van der Waals surface area contributed by atoms with Crippen LogP contribution in [0.15, 0.2) is 0 Å². The van der Waals surface area contributed by atoms with Crippen molar-refractivity contribution in [3.8, 4) is 0 Å². The molecule has 0 aliphatic heterocycles. The molecule has 0 unspecified atom stereocenters. The maximum absolute atomic E-state index is 11.2. The Hall–Kier alpha value is -0.610. The van der Waals surface area contributed by atoms with Crippen LogP contribution in [-0.2, 0) is 9.53 Å². The Kier molecular flexibility index (Phi) is 9.52. The van der Waals surface area contributed by atoms with Gasteiger partial charge in [0.1, 0.15) is 6.61 Å². The van der Waals surface area contributed by atoms with E-state index in [2.05, 4.69) is 17.6 Å². The van der Waals surface area contributed by atoms with Crippen molar-refractivity contribution >= 4 is 5.91 Å². The zero-order valence-electron chi connectivity index (χ0n) is 10.1. The van der Waals surface area contributed by atoms with Gasteiger partial charge in [0.05, 0.1) is 6.10 Å². The third kappa shape index (κ3) is 11.3. The molecule has 0 bridgehead atoms. The van der Waals surface area contributed by atoms with Gasteiger partial charge in [-0.25, -0.2) is 0 Å². The summed E-state index contributed by atoms with van der Waals surface area (Å²) in [6.45, 7) is 8.87. The number of unbranched alkanes of at least 4 members (excludes halogenated alkanes) is 1. The summed E-state index contributed by atoms with van der Waals surface area (Å²) in [6.07, 6.45) is 2.23. The van der Waals surface area contributed by atoms with E-state index in [1.54, 1.807) is 0 Å². The van der Waals surface area contributed by atoms with Gasteiger partial charge in [0, 0.05) is 6.54 Å². The smallest absolute Gasteiger partial charge is 0.246 e. The highest BCUT2D eigenvalue weighted by molar-refractivity contribution is 5.77. The second-order valence-electron chi connectivity index (χ2n) is 3.77. The minimum Gasteiger partial charge on any atom is -0.369 e. The number of hydrogen-bond donors (Lipinski definition) is 2. The van der Waals surface area contributed by atoms with Gasteiger partial charge in [-0.3, -0.25) is 4.79 Å². The van der Waals surface area contributed by atoms with E-state index in [-0.39, 0.29) is 18.6 Å². The molecular weight excluding hydrogens is 192 g/mol. The van der Waals surface area contributed by atoms with Crippen molar-refractivity contribution in [3.63, 3.8) is 0 Å². The molecule has 0 heterocycles. The molecule has 0 aromatic heterocycles. The average molecular weight is 216 g/mol. The number of carbonyl (C=O) groups is 1. The number of carbonyl (C=O) groups excluding carboxylic acids is 1. The number of hydrogen-bond acceptors (Lipinski definition) is 3. The molecule has 4 heteroatoms. The molecule has 1 amide bonds. The van der Waals surface area contributed by atoms with Crippen LogP contribution in [0.2, 0.25) is 0 Å². The van der Waals surface area contributed by atoms with E-state index in [0.717, 1.165) is 32.5 Å². The maximum atomic E-state index is 11.2. The van der Waals surface area contributed by atoms with Gasteiger partial charge in [-0.1, -0.05) is 6.92 Å². The first-order valence-corrected chi connectivity index (χ1v) is 5.75. The van der Waals surface area contributed by atoms with Gasteiger partial charge < -0.3 is 15.4 Å². The lowest BCUT2D eigenvalue weighted by Crippen LogP contribution is -2.30. The first-order chi connectivity index (χ1) is 7.16. The summed E-state index contributed by atoms with van der Waals surface area (Å²) in [5.41, 5.74) is 0. The Morgan fingerprint density at radius 3 is 2.53 bits per heavy atom. The number of amides is 1. The fraction of sp³-hybridized carbons (Fsp3) is 0.909. The zero-order chi connectivity index (χ0) is 11.5. The second kappa shape index (κ2) is 9.93. The molecule has 0 aromatic carbocycles. The van der Waals surface area contributed by atoms with Crippen molar-refractivity contribution in [1.82, 2.24) is 10.6 Å². The summed E-state index contributed by atoms with van der Waals surface area (Å²) in [5.74, 6) is -0.0212. The van der Waals surface area contributed by atoms with E-state index in [1.807, 2.05) is 13.8 Å². The molecule has 0 atom stereocenters. The predicted octanol–water partition coefficient (Wildman–Crippen LogP) is 0.917. The predicted molar refractivity (Wildman–Crippen MR) is 61.9 cm³/mol. The molecular formula is C11H24N2O2. The van der Waals surface area contributed by atoms with E-state index in [4.69, 9.17) is 4.74 Å². The Labute approximate surface area is 92.8 Å². The lowest BCUT2D eigenvalue weighted by molar-refractivity contribution is -0.127. The molecule has 0 radical (unpaired) electrons. The summed E-state index contributed by atoms with van der Waals surface area (Å²) in [4.78, 5) is 11.2. The van der Waals surface area contributed by atoms with Gasteiger partial charge in [-0.05, 0) is 39.8 Å². The summed E-state index contributed by atoms with van der Waals surface area (Å²) < 4.78 is 5.17. The quantitative estimate of drug-likeness (QED) is 0.563. The third-order valence-corrected chi connectivity index (χ3v) is 1.90. The van der Waals surface area contributed by atoms with Crippen LogP contribution in [0.25, 0.3) is 0 Å². The fourth-order valence-corrected chi connectivity index (χ4v) is 1.07. The monoisotopic (exact) mass is 216 g/mol. The van der Waals surface area contributed by atoms with Crippen molar-refractivity contribution in [3.05, 3.63) is 0 Å². The standard InChI is InChI=1S/C11H24N2O2/c1-4-12-7-5-6-8-13-11(14)9-15-10(2)3/h10,12H,4-9H2,1-3H3,(H,13,14). The summed E-state index contributed by atoms with van der Waals surface area (Å²) >= 11 is 0. The summed E-state index contributed by atoms with van der Waals surface area (Å²) in [7, 11) is 0. The van der Waals surface area contributed by atoms with E-state index in [0.29, 0.717) is 0 Å². The molecule has 0 saturated carbocycles. The largest absolute Gasteiger partial charge is 0.369 e. The minimum atomic E-state index is -0.0212. The molecule has 0 saturated heterocycles. The van der Waals surface area contributed by atoms with E-state index >= 15 is 0 Å². The molecule has 90 valence electrons. The van der Waals surface area contributed by atoms with Crippen LogP contribution in [0.1, 0.15) is 33.6 Å². The maximum Gasteiger partial charge on any atom is 0.246 e. The first kappa shape index (κ1) is 14.4. The normalized spacial score (nSPS) is 10.7. The Balaban J connectivity index is 3.17. The van der Waals surface area contributed by atoms with Crippen LogP contribution >= 0.6 is 0 Å². The molecule has 0 aromatic rings. The molecule has 0 aliphatic rings. The van der Waals surface area contributed by atoms with Crippen molar-refractivity contribution in [2.75, 3.05) is 26.2 Å². The van der Waals surface area contributed by atoms with Crippen molar-refractivity contribution in [2.45, 2.75) is 39.7 Å². The molecule has 15 heavy (non-hydrogen) atoms. The van der Waals surface area contributed by atoms with Crippen LogP contribution in [0.5, 0.6) is 0 Å².